The Labute approximate surface area is 124 Å². The molecule has 3 N–H and O–H groups in total. The third-order valence-electron chi connectivity index (χ3n) is 3.85. The molecule has 3 rings (SSSR count). The molecule has 1 aromatic carbocycles. The van der Waals surface area contributed by atoms with Gasteiger partial charge in [0, 0.05) is 30.2 Å². The standard InChI is InChI=1S/C16H21N3O2/c1-11-2-3-14-13(8-11)12(9-19-14)4-5-18-16(20)15-10-21-7-6-17-15/h2-3,8-9,15,17,19H,4-7,10H2,1H3,(H,18,20). The number of H-pyrrole nitrogens is 1. The lowest BCUT2D eigenvalue weighted by atomic mass is 10.1. The van der Waals surface area contributed by atoms with Crippen LogP contribution in [0.15, 0.2) is 24.4 Å². The average Bonchev–Trinajstić information content (AvgIpc) is 2.90. The predicted octanol–water partition coefficient (Wildman–Crippen LogP) is 1.12. The summed E-state index contributed by atoms with van der Waals surface area (Å²) >= 11 is 0. The number of carbonyl (C=O) groups excluding carboxylic acids is 1. The number of morpholine rings is 1. The molecule has 5 nitrogen and oxygen atoms in total. The van der Waals surface area contributed by atoms with Crippen molar-refractivity contribution in [2.24, 2.45) is 0 Å². The molecule has 5 heteroatoms. The van der Waals surface area contributed by atoms with Crippen LogP contribution in [-0.4, -0.2) is 43.2 Å². The molecule has 1 saturated heterocycles. The fraction of sp³-hybridized carbons (Fsp3) is 0.438. The van der Waals surface area contributed by atoms with Crippen LogP contribution in [-0.2, 0) is 16.0 Å². The van der Waals surface area contributed by atoms with Crippen molar-refractivity contribution >= 4 is 16.8 Å². The van der Waals surface area contributed by atoms with E-state index in [0.29, 0.717) is 19.8 Å². The molecular formula is C16H21N3O2. The highest BCUT2D eigenvalue weighted by molar-refractivity contribution is 5.84. The van der Waals surface area contributed by atoms with Gasteiger partial charge in [0.25, 0.3) is 0 Å². The second-order valence-electron chi connectivity index (χ2n) is 5.49. The third-order valence-corrected chi connectivity index (χ3v) is 3.85. The molecule has 1 aromatic heterocycles. The second kappa shape index (κ2) is 6.28. The van der Waals surface area contributed by atoms with Gasteiger partial charge in [-0.1, -0.05) is 11.6 Å². The highest BCUT2D eigenvalue weighted by Crippen LogP contribution is 2.19. The fourth-order valence-electron chi connectivity index (χ4n) is 2.68. The Morgan fingerprint density at radius 3 is 3.19 bits per heavy atom. The Kier molecular flexibility index (Phi) is 4.22. The molecule has 112 valence electrons. The van der Waals surface area contributed by atoms with Gasteiger partial charge in [-0.2, -0.15) is 0 Å². The fourth-order valence-corrected chi connectivity index (χ4v) is 2.68. The number of fused-ring (bicyclic) bond motifs is 1. The highest BCUT2D eigenvalue weighted by Gasteiger charge is 2.20. The number of aromatic nitrogens is 1. The third kappa shape index (κ3) is 3.25. The first-order valence-corrected chi connectivity index (χ1v) is 7.39. The lowest BCUT2D eigenvalue weighted by Crippen LogP contribution is -2.51. The van der Waals surface area contributed by atoms with Crippen molar-refractivity contribution in [3.8, 4) is 0 Å². The first-order chi connectivity index (χ1) is 10.2. The summed E-state index contributed by atoms with van der Waals surface area (Å²) in [6, 6.07) is 6.15. The smallest absolute Gasteiger partial charge is 0.239 e. The topological polar surface area (TPSA) is 66.2 Å². The molecule has 0 saturated carbocycles. The zero-order chi connectivity index (χ0) is 14.7. The maximum Gasteiger partial charge on any atom is 0.239 e. The summed E-state index contributed by atoms with van der Waals surface area (Å²) in [6.07, 6.45) is 2.85. The van der Waals surface area contributed by atoms with Gasteiger partial charge in [0.15, 0.2) is 0 Å². The van der Waals surface area contributed by atoms with Crippen LogP contribution in [0.25, 0.3) is 10.9 Å². The quantitative estimate of drug-likeness (QED) is 0.789. The summed E-state index contributed by atoms with van der Waals surface area (Å²) in [7, 11) is 0. The van der Waals surface area contributed by atoms with Crippen LogP contribution < -0.4 is 10.6 Å². The zero-order valence-electron chi connectivity index (χ0n) is 12.2. The van der Waals surface area contributed by atoms with E-state index in [-0.39, 0.29) is 11.9 Å². The van der Waals surface area contributed by atoms with Gasteiger partial charge in [-0.25, -0.2) is 0 Å². The summed E-state index contributed by atoms with van der Waals surface area (Å²) in [4.78, 5) is 15.3. The lowest BCUT2D eigenvalue weighted by Gasteiger charge is -2.22. The van der Waals surface area contributed by atoms with Gasteiger partial charge >= 0.3 is 0 Å². The second-order valence-corrected chi connectivity index (χ2v) is 5.49. The van der Waals surface area contributed by atoms with E-state index >= 15 is 0 Å². The Hall–Kier alpha value is -1.85. The van der Waals surface area contributed by atoms with Crippen LogP contribution in [0.4, 0.5) is 0 Å². The van der Waals surface area contributed by atoms with Gasteiger partial charge < -0.3 is 20.4 Å². The number of aromatic amines is 1. The van der Waals surface area contributed by atoms with Crippen molar-refractivity contribution in [3.63, 3.8) is 0 Å². The van der Waals surface area contributed by atoms with E-state index in [2.05, 4.69) is 40.7 Å². The van der Waals surface area contributed by atoms with E-state index in [9.17, 15) is 4.79 Å². The molecule has 1 atom stereocenters. The normalized spacial score (nSPS) is 18.8. The van der Waals surface area contributed by atoms with Gasteiger partial charge in [0.2, 0.25) is 5.91 Å². The van der Waals surface area contributed by atoms with Crippen molar-refractivity contribution < 1.29 is 9.53 Å². The minimum atomic E-state index is -0.219. The van der Waals surface area contributed by atoms with E-state index in [4.69, 9.17) is 4.74 Å². The molecule has 0 bridgehead atoms. The van der Waals surface area contributed by atoms with Crippen molar-refractivity contribution in [1.29, 1.82) is 0 Å². The number of amides is 1. The summed E-state index contributed by atoms with van der Waals surface area (Å²) in [5.74, 6) is 0.0192. The van der Waals surface area contributed by atoms with E-state index < -0.39 is 0 Å². The SMILES string of the molecule is Cc1ccc2[nH]cc(CCNC(=O)C3COCCN3)c2c1. The summed E-state index contributed by atoms with van der Waals surface area (Å²) in [5.41, 5.74) is 3.63. The van der Waals surface area contributed by atoms with Crippen LogP contribution in [0.1, 0.15) is 11.1 Å². The number of rotatable bonds is 4. The molecular weight excluding hydrogens is 266 g/mol. The van der Waals surface area contributed by atoms with Crippen LogP contribution in [0.2, 0.25) is 0 Å². The predicted molar refractivity (Wildman–Crippen MR) is 82.4 cm³/mol. The van der Waals surface area contributed by atoms with Crippen molar-refractivity contribution in [2.75, 3.05) is 26.3 Å². The number of hydrogen-bond donors (Lipinski definition) is 3. The van der Waals surface area contributed by atoms with Gasteiger partial charge in [-0.15, -0.1) is 0 Å². The number of nitrogens with one attached hydrogen (secondary N) is 3. The molecule has 1 aliphatic heterocycles. The molecule has 21 heavy (non-hydrogen) atoms. The van der Waals surface area contributed by atoms with Crippen molar-refractivity contribution in [1.82, 2.24) is 15.6 Å². The Bertz CT molecular complexity index is 629. The minimum Gasteiger partial charge on any atom is -0.378 e. The number of ether oxygens (including phenoxy) is 1. The van der Waals surface area contributed by atoms with Crippen LogP contribution in [0, 0.1) is 6.92 Å². The maximum absolute atomic E-state index is 12.0. The zero-order valence-corrected chi connectivity index (χ0v) is 12.2. The number of aryl methyl sites for hydroxylation is 1. The summed E-state index contributed by atoms with van der Waals surface area (Å²) < 4.78 is 5.30. The molecule has 2 aromatic rings. The molecule has 1 fully saturated rings. The molecule has 1 unspecified atom stereocenters. The van der Waals surface area contributed by atoms with Gasteiger partial charge in [-0.3, -0.25) is 4.79 Å². The van der Waals surface area contributed by atoms with Gasteiger partial charge in [0.05, 0.1) is 13.2 Å². The molecule has 0 aliphatic carbocycles. The van der Waals surface area contributed by atoms with Crippen molar-refractivity contribution in [2.45, 2.75) is 19.4 Å². The molecule has 0 radical (unpaired) electrons. The van der Waals surface area contributed by atoms with Crippen molar-refractivity contribution in [3.05, 3.63) is 35.5 Å². The number of hydrogen-bond acceptors (Lipinski definition) is 3. The number of carbonyl (C=O) groups is 1. The summed E-state index contributed by atoms with van der Waals surface area (Å²) in [6.45, 7) is 4.60. The largest absolute Gasteiger partial charge is 0.378 e. The van der Waals surface area contributed by atoms with Crippen LogP contribution in [0.5, 0.6) is 0 Å². The Morgan fingerprint density at radius 2 is 2.38 bits per heavy atom. The van der Waals surface area contributed by atoms with E-state index in [1.54, 1.807) is 0 Å². The van der Waals surface area contributed by atoms with Crippen LogP contribution in [0.3, 0.4) is 0 Å². The van der Waals surface area contributed by atoms with E-state index in [0.717, 1.165) is 18.5 Å². The number of benzene rings is 1. The first-order valence-electron chi connectivity index (χ1n) is 7.39. The lowest BCUT2D eigenvalue weighted by molar-refractivity contribution is -0.125. The van der Waals surface area contributed by atoms with Crippen LogP contribution >= 0.6 is 0 Å². The summed E-state index contributed by atoms with van der Waals surface area (Å²) in [5, 5.41) is 7.37. The van der Waals surface area contributed by atoms with Gasteiger partial charge in [-0.05, 0) is 31.0 Å². The Balaban J connectivity index is 1.56. The Morgan fingerprint density at radius 1 is 1.48 bits per heavy atom. The van der Waals surface area contributed by atoms with Gasteiger partial charge in [0.1, 0.15) is 6.04 Å². The van der Waals surface area contributed by atoms with E-state index in [1.165, 1.54) is 16.5 Å². The monoisotopic (exact) mass is 287 g/mol. The highest BCUT2D eigenvalue weighted by atomic mass is 16.5. The van der Waals surface area contributed by atoms with E-state index in [1.807, 2.05) is 6.20 Å². The maximum atomic E-state index is 12.0. The average molecular weight is 287 g/mol. The minimum absolute atomic E-state index is 0.0192. The molecule has 2 heterocycles. The molecule has 0 spiro atoms. The first kappa shape index (κ1) is 14.1. The molecule has 1 aliphatic rings. The molecule has 1 amide bonds.